The lowest BCUT2D eigenvalue weighted by atomic mass is 10.0. The molecule has 0 radical (unpaired) electrons. The molecule has 200 valence electrons. The number of aromatic amines is 1. The molecule has 0 aliphatic heterocycles. The van der Waals surface area contributed by atoms with Gasteiger partial charge in [0.1, 0.15) is 23.9 Å². The van der Waals surface area contributed by atoms with Gasteiger partial charge in [-0.15, -0.1) is 0 Å². The number of imidazole rings is 1. The van der Waals surface area contributed by atoms with Crippen LogP contribution in [0.25, 0.3) is 0 Å². The quantitative estimate of drug-likeness (QED) is 0.123. The summed E-state index contributed by atoms with van der Waals surface area (Å²) in [6.07, 6.45) is 1.82. The van der Waals surface area contributed by atoms with E-state index in [0.717, 1.165) is 0 Å². The molecule has 0 aliphatic carbocycles. The predicted molar refractivity (Wildman–Crippen MR) is 125 cm³/mol. The van der Waals surface area contributed by atoms with E-state index in [2.05, 4.69) is 20.6 Å². The minimum Gasteiger partial charge on any atom is -0.508 e. The molecule has 0 fully saturated rings. The van der Waals surface area contributed by atoms with Crippen LogP contribution in [0.4, 0.5) is 0 Å². The summed E-state index contributed by atoms with van der Waals surface area (Å²) >= 11 is 0. The molecule has 15 heteroatoms. The van der Waals surface area contributed by atoms with Gasteiger partial charge in [0.15, 0.2) is 0 Å². The number of H-pyrrole nitrogens is 1. The van der Waals surface area contributed by atoms with E-state index in [4.69, 9.17) is 15.9 Å². The lowest BCUT2D eigenvalue weighted by molar-refractivity contribution is -0.147. The topological polar surface area (TPSA) is 257 Å². The van der Waals surface area contributed by atoms with Gasteiger partial charge in [0.05, 0.1) is 25.4 Å². The molecule has 0 saturated heterocycles. The summed E-state index contributed by atoms with van der Waals surface area (Å²) in [5, 5.41) is 43.5. The highest BCUT2D eigenvalue weighted by Crippen LogP contribution is 2.11. The van der Waals surface area contributed by atoms with Gasteiger partial charge in [-0.05, 0) is 24.1 Å². The van der Waals surface area contributed by atoms with Crippen molar-refractivity contribution in [1.82, 2.24) is 25.9 Å². The Morgan fingerprint density at radius 1 is 0.892 bits per heavy atom. The maximum atomic E-state index is 13.0. The first-order chi connectivity index (χ1) is 17.5. The van der Waals surface area contributed by atoms with E-state index in [0.29, 0.717) is 11.3 Å². The number of hydrogen-bond acceptors (Lipinski definition) is 9. The molecule has 0 saturated carbocycles. The van der Waals surface area contributed by atoms with Crippen molar-refractivity contribution in [2.75, 3.05) is 6.61 Å². The standard InChI is InChI=1S/C22H28N6O9/c23-14(5-11-1-3-13(30)4-2-11)19(33)26-15(6-12-8-24-10-25-12)20(34)28-17(9-29)21(35)27-16(22(36)37)7-18(31)32/h1-4,8,10,14-17,29-30H,5-7,9,23H2,(H,24,25)(H,26,33)(H,27,35)(H,28,34)(H,31,32)(H,36,37). The number of phenolic OH excluding ortho intramolecular Hbond substituents is 1. The highest BCUT2D eigenvalue weighted by molar-refractivity contribution is 5.94. The Morgan fingerprint density at radius 3 is 2.03 bits per heavy atom. The van der Waals surface area contributed by atoms with Gasteiger partial charge in [-0.1, -0.05) is 12.1 Å². The number of hydrogen-bond donors (Lipinski definition) is 9. The third-order valence-electron chi connectivity index (χ3n) is 5.15. The van der Waals surface area contributed by atoms with Crippen LogP contribution in [0.3, 0.4) is 0 Å². The summed E-state index contributed by atoms with van der Waals surface area (Å²) in [5.41, 5.74) is 7.08. The monoisotopic (exact) mass is 520 g/mol. The van der Waals surface area contributed by atoms with E-state index in [1.807, 2.05) is 5.32 Å². The summed E-state index contributed by atoms with van der Waals surface area (Å²) < 4.78 is 0. The molecule has 1 aromatic heterocycles. The zero-order valence-corrected chi connectivity index (χ0v) is 19.5. The van der Waals surface area contributed by atoms with Crippen molar-refractivity contribution < 1.29 is 44.4 Å². The molecule has 1 heterocycles. The fraction of sp³-hybridized carbons (Fsp3) is 0.364. The first-order valence-corrected chi connectivity index (χ1v) is 11.0. The van der Waals surface area contributed by atoms with Crippen LogP contribution in [0.5, 0.6) is 5.75 Å². The van der Waals surface area contributed by atoms with E-state index in [9.17, 15) is 34.2 Å². The van der Waals surface area contributed by atoms with Gasteiger partial charge < -0.3 is 47.1 Å². The van der Waals surface area contributed by atoms with Gasteiger partial charge in [0, 0.05) is 18.3 Å². The number of amides is 3. The summed E-state index contributed by atoms with van der Waals surface area (Å²) in [6.45, 7) is -0.942. The molecule has 0 aliphatic rings. The van der Waals surface area contributed by atoms with Crippen LogP contribution in [0.15, 0.2) is 36.8 Å². The van der Waals surface area contributed by atoms with E-state index in [1.54, 1.807) is 12.1 Å². The molecule has 0 bridgehead atoms. The second kappa shape index (κ2) is 13.6. The van der Waals surface area contributed by atoms with Crippen molar-refractivity contribution in [2.45, 2.75) is 43.4 Å². The Labute approximate surface area is 210 Å². The molecule has 0 spiro atoms. The Kier molecular flexibility index (Phi) is 10.5. The Morgan fingerprint density at radius 2 is 1.49 bits per heavy atom. The zero-order valence-electron chi connectivity index (χ0n) is 19.5. The van der Waals surface area contributed by atoms with Gasteiger partial charge in [0.2, 0.25) is 17.7 Å². The number of nitrogens with two attached hydrogens (primary N) is 1. The smallest absolute Gasteiger partial charge is 0.326 e. The van der Waals surface area contributed by atoms with Gasteiger partial charge in [-0.25, -0.2) is 9.78 Å². The second-order valence-electron chi connectivity index (χ2n) is 8.06. The van der Waals surface area contributed by atoms with Crippen molar-refractivity contribution in [2.24, 2.45) is 5.73 Å². The number of nitrogens with zero attached hydrogens (tertiary/aromatic N) is 1. The summed E-state index contributed by atoms with van der Waals surface area (Å²) in [5.74, 6) is -5.81. The molecule has 3 amide bonds. The van der Waals surface area contributed by atoms with Gasteiger partial charge >= 0.3 is 11.9 Å². The van der Waals surface area contributed by atoms with E-state index in [-0.39, 0.29) is 18.6 Å². The number of carboxylic acids is 2. The van der Waals surface area contributed by atoms with Gasteiger partial charge in [-0.3, -0.25) is 19.2 Å². The Hall–Kier alpha value is -4.50. The molecule has 4 atom stereocenters. The molecule has 1 aromatic carbocycles. The van der Waals surface area contributed by atoms with Crippen molar-refractivity contribution in [3.05, 3.63) is 48.0 Å². The van der Waals surface area contributed by atoms with E-state index >= 15 is 0 Å². The highest BCUT2D eigenvalue weighted by Gasteiger charge is 2.31. The van der Waals surface area contributed by atoms with Crippen molar-refractivity contribution >= 4 is 29.7 Å². The summed E-state index contributed by atoms with van der Waals surface area (Å²) in [6, 6.07) is 0.220. The van der Waals surface area contributed by atoms with E-state index in [1.165, 1.54) is 24.7 Å². The largest absolute Gasteiger partial charge is 0.508 e. The number of aliphatic hydroxyl groups excluding tert-OH is 1. The minimum atomic E-state index is -1.80. The summed E-state index contributed by atoms with van der Waals surface area (Å²) in [4.78, 5) is 66.8. The maximum Gasteiger partial charge on any atom is 0.326 e. The van der Waals surface area contributed by atoms with Gasteiger partial charge in [-0.2, -0.15) is 0 Å². The Balaban J connectivity index is 2.10. The van der Waals surface area contributed by atoms with Crippen LogP contribution in [0.1, 0.15) is 17.7 Å². The van der Waals surface area contributed by atoms with Crippen LogP contribution in [-0.2, 0) is 36.8 Å². The number of aromatic nitrogens is 2. The van der Waals surface area contributed by atoms with Crippen molar-refractivity contribution in [1.29, 1.82) is 0 Å². The third kappa shape index (κ3) is 9.23. The molecular formula is C22H28N6O9. The molecule has 15 nitrogen and oxygen atoms in total. The first-order valence-electron chi connectivity index (χ1n) is 11.0. The predicted octanol–water partition coefficient (Wildman–Crippen LogP) is -2.77. The number of aromatic hydroxyl groups is 1. The number of carboxylic acid groups (broad SMARTS) is 2. The average molecular weight is 520 g/mol. The maximum absolute atomic E-state index is 13.0. The highest BCUT2D eigenvalue weighted by atomic mass is 16.4. The minimum absolute atomic E-state index is 0.0400. The number of aliphatic carboxylic acids is 2. The van der Waals surface area contributed by atoms with Crippen LogP contribution in [0.2, 0.25) is 0 Å². The van der Waals surface area contributed by atoms with Gasteiger partial charge in [0.25, 0.3) is 0 Å². The fourth-order valence-corrected chi connectivity index (χ4v) is 3.20. The lowest BCUT2D eigenvalue weighted by Gasteiger charge is -2.24. The average Bonchev–Trinajstić information content (AvgIpc) is 3.35. The zero-order chi connectivity index (χ0) is 27.5. The molecule has 10 N–H and O–H groups in total. The van der Waals surface area contributed by atoms with Crippen LogP contribution >= 0.6 is 0 Å². The van der Waals surface area contributed by atoms with Crippen LogP contribution in [0, 0.1) is 0 Å². The molecular weight excluding hydrogens is 492 g/mol. The SMILES string of the molecule is NC(Cc1ccc(O)cc1)C(=O)NC(Cc1cnc[nH]1)C(=O)NC(CO)C(=O)NC(CC(=O)O)C(=O)O. The lowest BCUT2D eigenvalue weighted by Crippen LogP contribution is -2.58. The summed E-state index contributed by atoms with van der Waals surface area (Å²) in [7, 11) is 0. The number of carbonyl (C=O) groups is 5. The van der Waals surface area contributed by atoms with E-state index < -0.39 is 66.9 Å². The normalized spacial score (nSPS) is 14.0. The first kappa shape index (κ1) is 28.7. The van der Waals surface area contributed by atoms with Crippen LogP contribution < -0.4 is 21.7 Å². The number of aliphatic hydroxyl groups is 1. The van der Waals surface area contributed by atoms with Crippen LogP contribution in [-0.4, -0.2) is 90.8 Å². The number of benzene rings is 1. The number of phenols is 1. The number of carbonyl (C=O) groups excluding carboxylic acids is 3. The molecule has 2 aromatic rings. The second-order valence-corrected chi connectivity index (χ2v) is 8.06. The number of nitrogens with one attached hydrogen (secondary N) is 4. The van der Waals surface area contributed by atoms with Crippen molar-refractivity contribution in [3.8, 4) is 5.75 Å². The number of rotatable bonds is 14. The molecule has 4 unspecified atom stereocenters. The van der Waals surface area contributed by atoms with Crippen molar-refractivity contribution in [3.63, 3.8) is 0 Å². The third-order valence-corrected chi connectivity index (χ3v) is 5.15. The molecule has 37 heavy (non-hydrogen) atoms. The Bertz CT molecular complexity index is 1090. The fourth-order valence-electron chi connectivity index (χ4n) is 3.20. The molecule has 2 rings (SSSR count).